The van der Waals surface area contributed by atoms with E-state index in [0.29, 0.717) is 12.1 Å². The molecule has 5 heteroatoms. The summed E-state index contributed by atoms with van der Waals surface area (Å²) < 4.78 is 5.28. The van der Waals surface area contributed by atoms with E-state index < -0.39 is 11.9 Å². The topological polar surface area (TPSA) is 63.7 Å². The number of aryl methyl sites for hydroxylation is 3. The molecule has 1 aliphatic heterocycles. The number of likely N-dealkylation sites (tertiary alicyclic amines) is 1. The molecular weight excluding hydrogens is 366 g/mol. The highest BCUT2D eigenvalue weighted by Crippen LogP contribution is 2.29. The minimum atomic E-state index is -0.540. The summed E-state index contributed by atoms with van der Waals surface area (Å²) in [7, 11) is 0. The number of ether oxygens (including phenoxy) is 1. The maximum Gasteiger partial charge on any atom is 0.311 e. The van der Waals surface area contributed by atoms with E-state index in [2.05, 4.69) is 0 Å². The minimum Gasteiger partial charge on any atom is -0.457 e. The van der Waals surface area contributed by atoms with Crippen LogP contribution in [0.1, 0.15) is 52.0 Å². The highest BCUT2D eigenvalue weighted by atomic mass is 16.5. The zero-order valence-electron chi connectivity index (χ0n) is 17.4. The molecule has 29 heavy (non-hydrogen) atoms. The van der Waals surface area contributed by atoms with Crippen LogP contribution in [-0.4, -0.2) is 35.7 Å². The van der Waals surface area contributed by atoms with Gasteiger partial charge in [-0.2, -0.15) is 0 Å². The molecule has 0 N–H and O–H groups in total. The Labute approximate surface area is 171 Å². The van der Waals surface area contributed by atoms with Gasteiger partial charge in [0.05, 0.1) is 12.0 Å². The van der Waals surface area contributed by atoms with Gasteiger partial charge in [-0.1, -0.05) is 36.4 Å². The van der Waals surface area contributed by atoms with E-state index in [9.17, 15) is 14.4 Å². The Morgan fingerprint density at radius 2 is 1.72 bits per heavy atom. The number of nitrogens with zero attached hydrogens (tertiary/aromatic N) is 1. The number of hydrogen-bond acceptors (Lipinski definition) is 4. The van der Waals surface area contributed by atoms with Crippen LogP contribution in [-0.2, 0) is 14.3 Å². The van der Waals surface area contributed by atoms with Crippen LogP contribution >= 0.6 is 0 Å². The Hall–Kier alpha value is -2.95. The lowest BCUT2D eigenvalue weighted by Crippen LogP contribution is -2.30. The van der Waals surface area contributed by atoms with Crippen LogP contribution in [0, 0.1) is 26.7 Å². The van der Waals surface area contributed by atoms with Crippen molar-refractivity contribution in [3.8, 4) is 0 Å². The van der Waals surface area contributed by atoms with E-state index in [1.807, 2.05) is 70.2 Å². The van der Waals surface area contributed by atoms with Crippen LogP contribution in [0.5, 0.6) is 0 Å². The molecule has 0 spiro atoms. The Kier molecular flexibility index (Phi) is 6.16. The normalized spacial score (nSPS) is 17.3. The Bertz CT molecular complexity index is 935. The van der Waals surface area contributed by atoms with Crippen molar-refractivity contribution in [1.82, 2.24) is 4.90 Å². The molecule has 1 aliphatic rings. The zero-order valence-corrected chi connectivity index (χ0v) is 17.4. The first-order valence-corrected chi connectivity index (χ1v) is 9.90. The predicted octanol–water partition coefficient (Wildman–Crippen LogP) is 3.95. The first-order valence-electron chi connectivity index (χ1n) is 9.90. The summed E-state index contributed by atoms with van der Waals surface area (Å²) in [4.78, 5) is 39.1. The van der Waals surface area contributed by atoms with Gasteiger partial charge in [0.2, 0.25) is 11.7 Å². The van der Waals surface area contributed by atoms with Crippen molar-refractivity contribution >= 4 is 17.7 Å². The minimum absolute atomic E-state index is 0.0698. The molecule has 2 atom stereocenters. The van der Waals surface area contributed by atoms with E-state index in [1.165, 1.54) is 0 Å². The first kappa shape index (κ1) is 20.8. The summed E-state index contributed by atoms with van der Waals surface area (Å²) in [6.45, 7) is 7.78. The number of esters is 1. The quantitative estimate of drug-likeness (QED) is 0.551. The molecule has 0 aromatic heterocycles. The van der Waals surface area contributed by atoms with Crippen LogP contribution < -0.4 is 0 Å². The van der Waals surface area contributed by atoms with Crippen molar-refractivity contribution in [3.05, 3.63) is 70.3 Å². The molecule has 1 fully saturated rings. The van der Waals surface area contributed by atoms with Crippen molar-refractivity contribution in [2.24, 2.45) is 5.92 Å². The fraction of sp³-hybridized carbons (Fsp3) is 0.375. The largest absolute Gasteiger partial charge is 0.457 e. The lowest BCUT2D eigenvalue weighted by atomic mass is 9.98. The number of benzene rings is 2. The van der Waals surface area contributed by atoms with Crippen molar-refractivity contribution in [2.75, 3.05) is 13.2 Å². The molecule has 0 saturated carbocycles. The molecule has 0 aliphatic carbocycles. The number of carbonyl (C=O) groups is 3. The monoisotopic (exact) mass is 393 g/mol. The Morgan fingerprint density at radius 3 is 2.41 bits per heavy atom. The first-order chi connectivity index (χ1) is 13.8. The number of amides is 1. The third-order valence-electron chi connectivity index (χ3n) is 5.73. The van der Waals surface area contributed by atoms with Gasteiger partial charge in [0.25, 0.3) is 0 Å². The second-order valence-electron chi connectivity index (χ2n) is 7.82. The van der Waals surface area contributed by atoms with E-state index in [4.69, 9.17) is 4.74 Å². The van der Waals surface area contributed by atoms with Gasteiger partial charge in [-0.05, 0) is 56.0 Å². The number of hydrogen-bond donors (Lipinski definition) is 0. The average Bonchev–Trinajstić information content (AvgIpc) is 3.10. The van der Waals surface area contributed by atoms with Crippen LogP contribution in [0.4, 0.5) is 0 Å². The second kappa shape index (κ2) is 8.60. The van der Waals surface area contributed by atoms with E-state index in [-0.39, 0.29) is 30.8 Å². The van der Waals surface area contributed by atoms with Gasteiger partial charge in [-0.25, -0.2) is 0 Å². The lowest BCUT2D eigenvalue weighted by Gasteiger charge is -2.25. The predicted molar refractivity (Wildman–Crippen MR) is 111 cm³/mol. The van der Waals surface area contributed by atoms with E-state index in [0.717, 1.165) is 22.3 Å². The molecule has 1 saturated heterocycles. The Morgan fingerprint density at radius 1 is 1.07 bits per heavy atom. The van der Waals surface area contributed by atoms with E-state index >= 15 is 0 Å². The van der Waals surface area contributed by atoms with Gasteiger partial charge in [0, 0.05) is 18.5 Å². The lowest BCUT2D eigenvalue weighted by molar-refractivity contribution is -0.147. The molecule has 2 aromatic rings. The summed E-state index contributed by atoms with van der Waals surface area (Å²) >= 11 is 0. The fourth-order valence-corrected chi connectivity index (χ4v) is 3.77. The Balaban J connectivity index is 1.60. The van der Waals surface area contributed by atoms with Gasteiger partial charge in [0.1, 0.15) is 0 Å². The molecule has 1 amide bonds. The third-order valence-corrected chi connectivity index (χ3v) is 5.73. The SMILES string of the molecule is Cc1cc(C)c(C(=O)COC(=O)[C@H]2CC(=O)N([C@H](C)c3ccccc3)C2)cc1C. The van der Waals surface area contributed by atoms with Crippen LogP contribution in [0.15, 0.2) is 42.5 Å². The maximum atomic E-state index is 12.5. The maximum absolute atomic E-state index is 12.5. The molecule has 2 aromatic carbocycles. The standard InChI is InChI=1S/C24H27NO4/c1-15-10-17(3)21(11-16(15)2)22(26)14-29-24(28)20-12-23(27)25(13-20)18(4)19-8-6-5-7-9-19/h5-11,18,20H,12-14H2,1-4H3/t18-,20+/m1/s1. The average molecular weight is 393 g/mol. The van der Waals surface area contributed by atoms with Crippen LogP contribution in [0.3, 0.4) is 0 Å². The van der Waals surface area contributed by atoms with Gasteiger partial charge < -0.3 is 9.64 Å². The smallest absolute Gasteiger partial charge is 0.311 e. The fourth-order valence-electron chi connectivity index (χ4n) is 3.77. The molecule has 0 radical (unpaired) electrons. The molecule has 152 valence electrons. The van der Waals surface area contributed by atoms with Gasteiger partial charge in [-0.3, -0.25) is 14.4 Å². The molecule has 0 bridgehead atoms. The second-order valence-corrected chi connectivity index (χ2v) is 7.82. The molecule has 5 nitrogen and oxygen atoms in total. The molecular formula is C24H27NO4. The van der Waals surface area contributed by atoms with E-state index in [1.54, 1.807) is 4.90 Å². The molecule has 3 rings (SSSR count). The van der Waals surface area contributed by atoms with Gasteiger partial charge >= 0.3 is 5.97 Å². The van der Waals surface area contributed by atoms with Crippen LogP contribution in [0.25, 0.3) is 0 Å². The number of Topliss-reactive ketones (excluding diaryl/α,β-unsaturated/α-hetero) is 1. The zero-order chi connectivity index (χ0) is 21.1. The summed E-state index contributed by atoms with van der Waals surface area (Å²) in [5.41, 5.74) is 4.61. The van der Waals surface area contributed by atoms with Crippen molar-refractivity contribution < 1.29 is 19.1 Å². The highest BCUT2D eigenvalue weighted by Gasteiger charge is 2.38. The van der Waals surface area contributed by atoms with Gasteiger partial charge in [-0.15, -0.1) is 0 Å². The number of rotatable bonds is 6. The number of carbonyl (C=O) groups excluding carboxylic acids is 3. The number of ketones is 1. The van der Waals surface area contributed by atoms with Gasteiger partial charge in [0.15, 0.2) is 6.61 Å². The van der Waals surface area contributed by atoms with Crippen molar-refractivity contribution in [1.29, 1.82) is 0 Å². The van der Waals surface area contributed by atoms with Crippen molar-refractivity contribution in [3.63, 3.8) is 0 Å². The summed E-state index contributed by atoms with van der Waals surface area (Å²) in [6.07, 6.45) is 0.118. The summed E-state index contributed by atoms with van der Waals surface area (Å²) in [6, 6.07) is 13.4. The van der Waals surface area contributed by atoms with Crippen molar-refractivity contribution in [2.45, 2.75) is 40.2 Å². The highest BCUT2D eigenvalue weighted by molar-refractivity contribution is 5.99. The molecule has 0 unspecified atom stereocenters. The third kappa shape index (κ3) is 4.56. The summed E-state index contributed by atoms with van der Waals surface area (Å²) in [5.74, 6) is -1.32. The van der Waals surface area contributed by atoms with Crippen LogP contribution in [0.2, 0.25) is 0 Å². The molecule has 1 heterocycles. The summed E-state index contributed by atoms with van der Waals surface area (Å²) in [5, 5.41) is 0.